The molecule has 0 bridgehead atoms. The van der Waals surface area contributed by atoms with Crippen molar-refractivity contribution in [1.29, 1.82) is 0 Å². The largest absolute Gasteiger partial charge is 0.480 e. The summed E-state index contributed by atoms with van der Waals surface area (Å²) in [4.78, 5) is 16.7. The van der Waals surface area contributed by atoms with Gasteiger partial charge in [-0.05, 0) is 36.6 Å². The third-order valence-corrected chi connectivity index (χ3v) is 4.25. The average Bonchev–Trinajstić information content (AvgIpc) is 3.20. The maximum absolute atomic E-state index is 12.6. The lowest BCUT2D eigenvalue weighted by Crippen LogP contribution is -2.37. The van der Waals surface area contributed by atoms with E-state index in [2.05, 4.69) is 10.3 Å². The number of benzene rings is 2. The second-order valence-electron chi connectivity index (χ2n) is 6.10. The normalized spacial score (nSPS) is 11.8. The summed E-state index contributed by atoms with van der Waals surface area (Å²) in [5.74, 6) is 0.629. The van der Waals surface area contributed by atoms with Crippen LogP contribution in [0.4, 0.5) is 0 Å². The lowest BCUT2D eigenvalue weighted by atomic mass is 10.1. The van der Waals surface area contributed by atoms with Crippen molar-refractivity contribution in [2.75, 3.05) is 0 Å². The molecule has 0 saturated carbocycles. The van der Waals surface area contributed by atoms with E-state index in [1.165, 1.54) is 0 Å². The lowest BCUT2D eigenvalue weighted by molar-refractivity contribution is -0.128. The molecule has 1 aromatic heterocycles. The van der Waals surface area contributed by atoms with E-state index in [0.717, 1.165) is 22.6 Å². The van der Waals surface area contributed by atoms with E-state index in [1.54, 1.807) is 12.5 Å². The van der Waals surface area contributed by atoms with E-state index in [0.29, 0.717) is 13.0 Å². The predicted octanol–water partition coefficient (Wildman–Crippen LogP) is 3.65. The molecule has 0 aliphatic rings. The smallest absolute Gasteiger partial charge is 0.261 e. The average molecular weight is 349 g/mol. The van der Waals surface area contributed by atoms with Gasteiger partial charge in [0.25, 0.3) is 5.91 Å². The van der Waals surface area contributed by atoms with Gasteiger partial charge >= 0.3 is 0 Å². The number of rotatable bonds is 7. The Morgan fingerprint density at radius 3 is 2.69 bits per heavy atom. The number of carbonyl (C=O) groups is 1. The van der Waals surface area contributed by atoms with Gasteiger partial charge in [-0.1, -0.05) is 43.3 Å². The minimum atomic E-state index is -0.517. The highest BCUT2D eigenvalue weighted by atomic mass is 16.5. The van der Waals surface area contributed by atoms with E-state index in [-0.39, 0.29) is 5.91 Å². The van der Waals surface area contributed by atoms with Gasteiger partial charge in [-0.3, -0.25) is 4.79 Å². The number of amides is 1. The Hall–Kier alpha value is -3.08. The molecule has 5 heteroatoms. The van der Waals surface area contributed by atoms with Crippen molar-refractivity contribution in [2.45, 2.75) is 32.9 Å². The first kappa shape index (κ1) is 17.7. The molecule has 1 unspecified atom stereocenters. The number of ether oxygens (including phenoxy) is 1. The molecular formula is C21H23N3O2. The molecule has 134 valence electrons. The molecule has 26 heavy (non-hydrogen) atoms. The van der Waals surface area contributed by atoms with E-state index in [4.69, 9.17) is 4.74 Å². The summed E-state index contributed by atoms with van der Waals surface area (Å²) >= 11 is 0. The molecule has 1 heterocycles. The minimum absolute atomic E-state index is 0.115. The molecule has 1 atom stereocenters. The second-order valence-corrected chi connectivity index (χ2v) is 6.10. The predicted molar refractivity (Wildman–Crippen MR) is 101 cm³/mol. The molecule has 0 aliphatic heterocycles. The summed E-state index contributed by atoms with van der Waals surface area (Å²) in [7, 11) is 0. The number of hydrogen-bond acceptors (Lipinski definition) is 3. The van der Waals surface area contributed by atoms with Crippen LogP contribution in [0.1, 0.15) is 24.5 Å². The summed E-state index contributed by atoms with van der Waals surface area (Å²) in [6, 6.07) is 15.7. The lowest BCUT2D eigenvalue weighted by Gasteiger charge is -2.19. The van der Waals surface area contributed by atoms with Crippen molar-refractivity contribution < 1.29 is 9.53 Å². The van der Waals surface area contributed by atoms with Crippen molar-refractivity contribution in [1.82, 2.24) is 14.9 Å². The molecule has 1 N–H and O–H groups in total. The third-order valence-electron chi connectivity index (χ3n) is 4.25. The van der Waals surface area contributed by atoms with E-state index in [1.807, 2.05) is 73.1 Å². The molecule has 2 aromatic carbocycles. The summed E-state index contributed by atoms with van der Waals surface area (Å²) in [5.41, 5.74) is 3.03. The molecule has 0 fully saturated rings. The number of para-hydroxylation sites is 2. The van der Waals surface area contributed by atoms with E-state index < -0.39 is 6.10 Å². The van der Waals surface area contributed by atoms with E-state index in [9.17, 15) is 4.79 Å². The van der Waals surface area contributed by atoms with Gasteiger partial charge in [-0.2, -0.15) is 0 Å². The van der Waals surface area contributed by atoms with Crippen molar-refractivity contribution >= 4 is 5.91 Å². The van der Waals surface area contributed by atoms with Crippen LogP contribution in [-0.2, 0) is 11.3 Å². The van der Waals surface area contributed by atoms with Gasteiger partial charge in [-0.25, -0.2) is 4.98 Å². The van der Waals surface area contributed by atoms with Crippen LogP contribution in [0, 0.1) is 6.92 Å². The fourth-order valence-electron chi connectivity index (χ4n) is 2.77. The fourth-order valence-corrected chi connectivity index (χ4v) is 2.77. The first-order chi connectivity index (χ1) is 12.7. The highest BCUT2D eigenvalue weighted by molar-refractivity contribution is 5.81. The van der Waals surface area contributed by atoms with Gasteiger partial charge in [0, 0.05) is 18.9 Å². The highest BCUT2D eigenvalue weighted by Crippen LogP contribution is 2.19. The number of nitrogens with one attached hydrogen (secondary N) is 1. The van der Waals surface area contributed by atoms with Crippen LogP contribution in [-0.4, -0.2) is 21.6 Å². The van der Waals surface area contributed by atoms with Crippen molar-refractivity contribution in [3.8, 4) is 11.4 Å². The number of nitrogens with zero attached hydrogens (tertiary/aromatic N) is 2. The first-order valence-electron chi connectivity index (χ1n) is 8.75. The second kappa shape index (κ2) is 8.34. The molecule has 5 nitrogen and oxygen atoms in total. The van der Waals surface area contributed by atoms with Crippen molar-refractivity contribution in [3.05, 3.63) is 78.4 Å². The number of carbonyl (C=O) groups excluding carboxylic acids is 1. The van der Waals surface area contributed by atoms with Crippen LogP contribution < -0.4 is 10.1 Å². The van der Waals surface area contributed by atoms with Crippen LogP contribution in [0.15, 0.2) is 67.3 Å². The van der Waals surface area contributed by atoms with Crippen LogP contribution in [0.3, 0.4) is 0 Å². The molecule has 3 aromatic rings. The summed E-state index contributed by atoms with van der Waals surface area (Å²) in [5, 5.41) is 2.99. The summed E-state index contributed by atoms with van der Waals surface area (Å²) < 4.78 is 7.85. The van der Waals surface area contributed by atoms with Crippen molar-refractivity contribution in [3.63, 3.8) is 0 Å². The molecular weight excluding hydrogens is 326 g/mol. The molecule has 1 amide bonds. The Kier molecular flexibility index (Phi) is 5.69. The zero-order valence-electron chi connectivity index (χ0n) is 15.1. The summed E-state index contributed by atoms with van der Waals surface area (Å²) in [6.07, 6.45) is 5.45. The summed E-state index contributed by atoms with van der Waals surface area (Å²) in [6.45, 7) is 4.35. The fraction of sp³-hybridized carbons (Fsp3) is 0.238. The van der Waals surface area contributed by atoms with Gasteiger partial charge in [0.15, 0.2) is 6.10 Å². The monoisotopic (exact) mass is 349 g/mol. The standard InChI is InChI=1S/C21H23N3O2/c1-3-19(26-20-11-7-4-8-16(20)2)21(25)23-14-17-9-5-6-10-18(17)24-13-12-22-15-24/h4-13,15,19H,3,14H2,1-2H3,(H,23,25). The van der Waals surface area contributed by atoms with Crippen molar-refractivity contribution in [2.24, 2.45) is 0 Å². The highest BCUT2D eigenvalue weighted by Gasteiger charge is 2.19. The Balaban J connectivity index is 1.67. The SMILES string of the molecule is CCC(Oc1ccccc1C)C(=O)NCc1ccccc1-n1ccnc1. The number of aryl methyl sites for hydroxylation is 1. The molecule has 0 saturated heterocycles. The Bertz CT molecular complexity index is 859. The van der Waals surface area contributed by atoms with Crippen LogP contribution >= 0.6 is 0 Å². The zero-order chi connectivity index (χ0) is 18.4. The quantitative estimate of drug-likeness (QED) is 0.708. The van der Waals surface area contributed by atoms with Crippen LogP contribution in [0.2, 0.25) is 0 Å². The van der Waals surface area contributed by atoms with Gasteiger partial charge in [0.1, 0.15) is 5.75 Å². The molecule has 0 radical (unpaired) electrons. The Morgan fingerprint density at radius 1 is 1.19 bits per heavy atom. The van der Waals surface area contributed by atoms with E-state index >= 15 is 0 Å². The first-order valence-corrected chi connectivity index (χ1v) is 8.75. The van der Waals surface area contributed by atoms with Gasteiger partial charge in [0.05, 0.1) is 12.0 Å². The van der Waals surface area contributed by atoms with Gasteiger partial charge < -0.3 is 14.6 Å². The maximum atomic E-state index is 12.6. The van der Waals surface area contributed by atoms with Crippen LogP contribution in [0.25, 0.3) is 5.69 Å². The topological polar surface area (TPSA) is 56.1 Å². The minimum Gasteiger partial charge on any atom is -0.480 e. The Morgan fingerprint density at radius 2 is 1.96 bits per heavy atom. The van der Waals surface area contributed by atoms with Gasteiger partial charge in [0.2, 0.25) is 0 Å². The molecule has 0 spiro atoms. The third kappa shape index (κ3) is 4.11. The zero-order valence-corrected chi connectivity index (χ0v) is 15.1. The number of hydrogen-bond donors (Lipinski definition) is 1. The maximum Gasteiger partial charge on any atom is 0.261 e. The molecule has 3 rings (SSSR count). The number of aromatic nitrogens is 2. The van der Waals surface area contributed by atoms with Gasteiger partial charge in [-0.15, -0.1) is 0 Å². The Labute approximate surface area is 153 Å². The number of imidazole rings is 1. The van der Waals surface area contributed by atoms with Crippen LogP contribution in [0.5, 0.6) is 5.75 Å². The molecule has 0 aliphatic carbocycles.